The van der Waals surface area contributed by atoms with Crippen molar-refractivity contribution in [3.8, 4) is 0 Å². The van der Waals surface area contributed by atoms with Gasteiger partial charge in [-0.3, -0.25) is 0 Å². The topological polar surface area (TPSA) is 9.23 Å². The Morgan fingerprint density at radius 1 is 1.25 bits per heavy atom. The zero-order valence-electron chi connectivity index (χ0n) is 8.38. The summed E-state index contributed by atoms with van der Waals surface area (Å²) in [5.41, 5.74) is 0. The Labute approximate surface area is 80.3 Å². The summed E-state index contributed by atoms with van der Waals surface area (Å²) in [6.45, 7) is 4.54. The first-order valence-electron chi connectivity index (χ1n) is 4.92. The van der Waals surface area contributed by atoms with Gasteiger partial charge in [-0.1, -0.05) is 26.7 Å². The fourth-order valence-corrected chi connectivity index (χ4v) is 3.26. The Morgan fingerprint density at radius 2 is 1.92 bits per heavy atom. The molecule has 1 aliphatic carbocycles. The molecule has 0 amide bonds. The minimum atomic E-state index is 0.520. The van der Waals surface area contributed by atoms with Crippen LogP contribution >= 0.6 is 11.8 Å². The fourth-order valence-electron chi connectivity index (χ4n) is 1.84. The summed E-state index contributed by atoms with van der Waals surface area (Å²) < 4.78 is 5.48. The third kappa shape index (κ3) is 2.98. The summed E-state index contributed by atoms with van der Waals surface area (Å²) in [5.74, 6) is 0. The van der Waals surface area contributed by atoms with E-state index in [0.717, 1.165) is 10.5 Å². The van der Waals surface area contributed by atoms with Crippen LogP contribution in [0.5, 0.6) is 0 Å². The maximum absolute atomic E-state index is 5.48. The van der Waals surface area contributed by atoms with Gasteiger partial charge in [0, 0.05) is 12.4 Å². The standard InChI is InChI=1S/C10H20OS/c1-8(2)12-10-7-5-4-6-9(10)11-3/h8-10H,4-7H2,1-3H3. The van der Waals surface area contributed by atoms with Gasteiger partial charge in [-0.15, -0.1) is 0 Å². The van der Waals surface area contributed by atoms with Gasteiger partial charge in [0.1, 0.15) is 0 Å². The summed E-state index contributed by atoms with van der Waals surface area (Å²) in [6.07, 6.45) is 5.88. The molecule has 2 heteroatoms. The van der Waals surface area contributed by atoms with Crippen LogP contribution in [-0.2, 0) is 4.74 Å². The Hall–Kier alpha value is 0.310. The number of methoxy groups -OCH3 is 1. The van der Waals surface area contributed by atoms with Crippen molar-refractivity contribution < 1.29 is 4.74 Å². The van der Waals surface area contributed by atoms with Crippen LogP contribution in [0.1, 0.15) is 39.5 Å². The van der Waals surface area contributed by atoms with E-state index in [1.54, 1.807) is 0 Å². The highest BCUT2D eigenvalue weighted by Crippen LogP contribution is 2.32. The van der Waals surface area contributed by atoms with Crippen molar-refractivity contribution in [2.75, 3.05) is 7.11 Å². The lowest BCUT2D eigenvalue weighted by atomic mass is 9.97. The predicted octanol–water partition coefficient (Wildman–Crippen LogP) is 3.09. The lowest BCUT2D eigenvalue weighted by Crippen LogP contribution is -2.30. The molecule has 0 heterocycles. The van der Waals surface area contributed by atoms with Crippen LogP contribution in [0.3, 0.4) is 0 Å². The van der Waals surface area contributed by atoms with Crippen LogP contribution < -0.4 is 0 Å². The predicted molar refractivity (Wildman–Crippen MR) is 55.8 cm³/mol. The van der Waals surface area contributed by atoms with E-state index in [1.165, 1.54) is 25.7 Å². The SMILES string of the molecule is COC1CCCCC1SC(C)C. The molecule has 1 saturated carbocycles. The Bertz CT molecular complexity index is 125. The van der Waals surface area contributed by atoms with Crippen LogP contribution in [0, 0.1) is 0 Å². The molecule has 2 unspecified atom stereocenters. The molecule has 0 aliphatic heterocycles. The van der Waals surface area contributed by atoms with Crippen molar-refractivity contribution in [3.05, 3.63) is 0 Å². The second kappa shape index (κ2) is 5.13. The van der Waals surface area contributed by atoms with Gasteiger partial charge in [-0.2, -0.15) is 11.8 Å². The summed E-state index contributed by atoms with van der Waals surface area (Å²) in [7, 11) is 1.85. The van der Waals surface area contributed by atoms with Gasteiger partial charge in [0.2, 0.25) is 0 Å². The number of hydrogen-bond donors (Lipinski definition) is 0. The van der Waals surface area contributed by atoms with E-state index >= 15 is 0 Å². The Balaban J connectivity index is 2.36. The smallest absolute Gasteiger partial charge is 0.0689 e. The van der Waals surface area contributed by atoms with Gasteiger partial charge >= 0.3 is 0 Å². The first-order chi connectivity index (χ1) is 5.74. The van der Waals surface area contributed by atoms with Gasteiger partial charge in [0.25, 0.3) is 0 Å². The highest BCUT2D eigenvalue weighted by Gasteiger charge is 2.25. The van der Waals surface area contributed by atoms with Crippen LogP contribution in [-0.4, -0.2) is 23.7 Å². The zero-order chi connectivity index (χ0) is 8.97. The van der Waals surface area contributed by atoms with Gasteiger partial charge in [0.05, 0.1) is 6.10 Å². The van der Waals surface area contributed by atoms with E-state index in [4.69, 9.17) is 4.74 Å². The van der Waals surface area contributed by atoms with E-state index in [0.29, 0.717) is 6.10 Å². The molecule has 72 valence electrons. The van der Waals surface area contributed by atoms with Gasteiger partial charge < -0.3 is 4.74 Å². The third-order valence-electron chi connectivity index (χ3n) is 2.39. The van der Waals surface area contributed by atoms with E-state index in [9.17, 15) is 0 Å². The van der Waals surface area contributed by atoms with Gasteiger partial charge in [-0.25, -0.2) is 0 Å². The van der Waals surface area contributed by atoms with Crippen LogP contribution in [0.25, 0.3) is 0 Å². The average Bonchev–Trinajstić information content (AvgIpc) is 2.04. The fraction of sp³-hybridized carbons (Fsp3) is 1.00. The molecule has 0 radical (unpaired) electrons. The maximum atomic E-state index is 5.48. The zero-order valence-corrected chi connectivity index (χ0v) is 9.19. The Morgan fingerprint density at radius 3 is 2.50 bits per heavy atom. The van der Waals surface area contributed by atoms with Crippen molar-refractivity contribution in [3.63, 3.8) is 0 Å². The first-order valence-corrected chi connectivity index (χ1v) is 5.86. The number of rotatable bonds is 3. The summed E-state index contributed by atoms with van der Waals surface area (Å²) >= 11 is 2.08. The summed E-state index contributed by atoms with van der Waals surface area (Å²) in [6, 6.07) is 0. The van der Waals surface area contributed by atoms with E-state index in [1.807, 2.05) is 7.11 Å². The quantitative estimate of drug-likeness (QED) is 0.673. The summed E-state index contributed by atoms with van der Waals surface area (Å²) in [5, 5.41) is 1.49. The van der Waals surface area contributed by atoms with Crippen LogP contribution in [0.15, 0.2) is 0 Å². The maximum Gasteiger partial charge on any atom is 0.0689 e. The molecule has 0 aromatic rings. The van der Waals surface area contributed by atoms with Crippen molar-refractivity contribution in [2.24, 2.45) is 0 Å². The third-order valence-corrected chi connectivity index (χ3v) is 3.82. The Kier molecular flexibility index (Phi) is 4.44. The molecule has 1 rings (SSSR count). The molecule has 0 aromatic heterocycles. The molecule has 0 N–H and O–H groups in total. The molecule has 0 bridgehead atoms. The minimum absolute atomic E-state index is 0.520. The average molecular weight is 188 g/mol. The number of thioether (sulfide) groups is 1. The van der Waals surface area contributed by atoms with E-state index in [-0.39, 0.29) is 0 Å². The first kappa shape index (κ1) is 10.4. The van der Waals surface area contributed by atoms with Crippen molar-refractivity contribution in [1.29, 1.82) is 0 Å². The molecule has 0 spiro atoms. The molecule has 0 saturated heterocycles. The monoisotopic (exact) mass is 188 g/mol. The second-order valence-corrected chi connectivity index (χ2v) is 5.60. The van der Waals surface area contributed by atoms with Gasteiger partial charge in [-0.05, 0) is 18.1 Å². The molecule has 1 fully saturated rings. The molecule has 12 heavy (non-hydrogen) atoms. The van der Waals surface area contributed by atoms with Crippen LogP contribution in [0.4, 0.5) is 0 Å². The lowest BCUT2D eigenvalue weighted by molar-refractivity contribution is 0.0762. The normalized spacial score (nSPS) is 31.0. The van der Waals surface area contributed by atoms with Crippen molar-refractivity contribution in [2.45, 2.75) is 56.1 Å². The lowest BCUT2D eigenvalue weighted by Gasteiger charge is -2.30. The van der Waals surface area contributed by atoms with Gasteiger partial charge in [0.15, 0.2) is 0 Å². The summed E-state index contributed by atoms with van der Waals surface area (Å²) in [4.78, 5) is 0. The molecular formula is C10H20OS. The molecule has 1 nitrogen and oxygen atoms in total. The van der Waals surface area contributed by atoms with Crippen LogP contribution in [0.2, 0.25) is 0 Å². The number of ether oxygens (including phenoxy) is 1. The molecule has 0 aromatic carbocycles. The highest BCUT2D eigenvalue weighted by atomic mass is 32.2. The second-order valence-electron chi connectivity index (χ2n) is 3.78. The minimum Gasteiger partial charge on any atom is -0.380 e. The molecular weight excluding hydrogens is 168 g/mol. The van der Waals surface area contributed by atoms with Crippen molar-refractivity contribution >= 4 is 11.8 Å². The van der Waals surface area contributed by atoms with E-state index in [2.05, 4.69) is 25.6 Å². The highest BCUT2D eigenvalue weighted by molar-refractivity contribution is 8.00. The molecule has 2 atom stereocenters. The number of hydrogen-bond acceptors (Lipinski definition) is 2. The molecule has 1 aliphatic rings. The van der Waals surface area contributed by atoms with E-state index < -0.39 is 0 Å². The largest absolute Gasteiger partial charge is 0.380 e. The van der Waals surface area contributed by atoms with Crippen molar-refractivity contribution in [1.82, 2.24) is 0 Å².